The predicted octanol–water partition coefficient (Wildman–Crippen LogP) is 3.15. The molecule has 3 heteroatoms. The molecule has 0 radical (unpaired) electrons. The van der Waals surface area contributed by atoms with Crippen LogP contribution in [0.3, 0.4) is 0 Å². The van der Waals surface area contributed by atoms with Crippen LogP contribution in [0.2, 0.25) is 0 Å². The molecule has 1 aromatic heterocycles. The van der Waals surface area contributed by atoms with Crippen LogP contribution in [-0.4, -0.2) is 11.5 Å². The molecule has 14 heavy (non-hydrogen) atoms. The third-order valence-corrected chi connectivity index (χ3v) is 3.04. The molecule has 2 nitrogen and oxygen atoms in total. The van der Waals surface area contributed by atoms with Crippen LogP contribution < -0.4 is 5.32 Å². The number of unbranched alkanes of at least 4 members (excludes halogenated alkanes) is 1. The summed E-state index contributed by atoms with van der Waals surface area (Å²) in [6, 6.07) is 0.479. The Kier molecular flexibility index (Phi) is 5.49. The predicted molar refractivity (Wildman–Crippen MR) is 62.6 cm³/mol. The van der Waals surface area contributed by atoms with Crippen LogP contribution >= 0.6 is 11.3 Å². The van der Waals surface area contributed by atoms with Gasteiger partial charge in [-0.15, -0.1) is 17.9 Å². The number of nitrogens with zero attached hydrogens (tertiary/aromatic N) is 1. The minimum Gasteiger partial charge on any atom is -0.309 e. The lowest BCUT2D eigenvalue weighted by atomic mass is 10.1. The maximum atomic E-state index is 4.11. The fourth-order valence-electron chi connectivity index (χ4n) is 1.46. The lowest BCUT2D eigenvalue weighted by Crippen LogP contribution is -2.19. The third-order valence-electron chi connectivity index (χ3n) is 2.15. The van der Waals surface area contributed by atoms with Crippen molar-refractivity contribution in [3.8, 4) is 0 Å². The quantitative estimate of drug-likeness (QED) is 0.552. The minimum absolute atomic E-state index is 0.479. The van der Waals surface area contributed by atoms with Crippen LogP contribution in [0.4, 0.5) is 0 Å². The van der Waals surface area contributed by atoms with E-state index in [4.69, 9.17) is 0 Å². The molecule has 0 amide bonds. The van der Waals surface area contributed by atoms with Crippen molar-refractivity contribution in [1.29, 1.82) is 0 Å². The van der Waals surface area contributed by atoms with Crippen LogP contribution in [0.15, 0.2) is 24.4 Å². The highest BCUT2D eigenvalue weighted by Crippen LogP contribution is 2.22. The smallest absolute Gasteiger partial charge is 0.0794 e. The van der Waals surface area contributed by atoms with Crippen LogP contribution in [0.1, 0.15) is 37.1 Å². The number of thiazole rings is 1. The normalized spacial score (nSPS) is 12.6. The van der Waals surface area contributed by atoms with Crippen molar-refractivity contribution in [3.63, 3.8) is 0 Å². The lowest BCUT2D eigenvalue weighted by molar-refractivity contribution is 0.506. The van der Waals surface area contributed by atoms with Gasteiger partial charge in [-0.25, -0.2) is 0 Å². The fraction of sp³-hybridized carbons (Fsp3) is 0.545. The Balaban J connectivity index is 2.43. The molecular formula is C11H18N2S. The molecule has 1 rings (SSSR count). The van der Waals surface area contributed by atoms with Crippen molar-refractivity contribution in [2.45, 2.75) is 32.2 Å². The van der Waals surface area contributed by atoms with Gasteiger partial charge in [-0.1, -0.05) is 13.0 Å². The number of rotatable bonds is 7. The summed E-state index contributed by atoms with van der Waals surface area (Å²) in [5, 5.41) is 3.48. The molecule has 0 spiro atoms. The third kappa shape index (κ3) is 3.60. The summed E-state index contributed by atoms with van der Waals surface area (Å²) in [6.45, 7) is 6.89. The Morgan fingerprint density at radius 2 is 2.57 bits per heavy atom. The van der Waals surface area contributed by atoms with Gasteiger partial charge in [0.25, 0.3) is 0 Å². The fourth-order valence-corrected chi connectivity index (χ4v) is 2.19. The standard InChI is InChI=1S/C11H18N2S/c1-3-5-6-7-10(13-4-2)11-8-12-9-14-11/h3,8-10,13H,1,4-7H2,2H3. The molecule has 0 saturated carbocycles. The molecule has 0 saturated heterocycles. The highest BCUT2D eigenvalue weighted by molar-refractivity contribution is 7.09. The molecule has 0 aromatic carbocycles. The highest BCUT2D eigenvalue weighted by Gasteiger charge is 2.10. The van der Waals surface area contributed by atoms with E-state index in [-0.39, 0.29) is 0 Å². The Labute approximate surface area is 90.1 Å². The van der Waals surface area contributed by atoms with Gasteiger partial charge in [0.1, 0.15) is 0 Å². The van der Waals surface area contributed by atoms with Crippen LogP contribution in [0.5, 0.6) is 0 Å². The molecule has 0 bridgehead atoms. The van der Waals surface area contributed by atoms with E-state index in [0.29, 0.717) is 6.04 Å². The SMILES string of the molecule is C=CCCCC(NCC)c1cncs1. The molecule has 1 unspecified atom stereocenters. The average molecular weight is 210 g/mol. The van der Waals surface area contributed by atoms with Gasteiger partial charge in [-0.3, -0.25) is 4.98 Å². The van der Waals surface area contributed by atoms with Crippen molar-refractivity contribution in [3.05, 3.63) is 29.2 Å². The first kappa shape index (κ1) is 11.4. The van der Waals surface area contributed by atoms with Crippen molar-refractivity contribution >= 4 is 11.3 Å². The second kappa shape index (κ2) is 6.74. The summed E-state index contributed by atoms with van der Waals surface area (Å²) in [5.41, 5.74) is 1.90. The molecule has 1 aromatic rings. The van der Waals surface area contributed by atoms with E-state index in [1.54, 1.807) is 11.3 Å². The second-order valence-corrected chi connectivity index (χ2v) is 4.15. The van der Waals surface area contributed by atoms with E-state index >= 15 is 0 Å². The Morgan fingerprint density at radius 1 is 1.71 bits per heavy atom. The van der Waals surface area contributed by atoms with E-state index in [0.717, 1.165) is 13.0 Å². The summed E-state index contributed by atoms with van der Waals surface area (Å²) in [4.78, 5) is 5.46. The molecule has 0 aliphatic carbocycles. The zero-order chi connectivity index (χ0) is 10.2. The van der Waals surface area contributed by atoms with Gasteiger partial charge in [0.05, 0.1) is 5.51 Å². The second-order valence-electron chi connectivity index (χ2n) is 3.23. The van der Waals surface area contributed by atoms with Crippen molar-refractivity contribution < 1.29 is 0 Å². The first-order chi connectivity index (χ1) is 6.88. The number of hydrogen-bond donors (Lipinski definition) is 1. The van der Waals surface area contributed by atoms with Crippen molar-refractivity contribution in [2.24, 2.45) is 0 Å². The van der Waals surface area contributed by atoms with Crippen LogP contribution in [0.25, 0.3) is 0 Å². The lowest BCUT2D eigenvalue weighted by Gasteiger charge is -2.14. The largest absolute Gasteiger partial charge is 0.309 e. The molecule has 0 aliphatic heterocycles. The zero-order valence-corrected chi connectivity index (χ0v) is 9.52. The minimum atomic E-state index is 0.479. The average Bonchev–Trinajstić information content (AvgIpc) is 2.70. The van der Waals surface area contributed by atoms with Crippen molar-refractivity contribution in [1.82, 2.24) is 10.3 Å². The molecule has 1 atom stereocenters. The van der Waals surface area contributed by atoms with Gasteiger partial charge in [-0.05, 0) is 25.8 Å². The van der Waals surface area contributed by atoms with Crippen molar-refractivity contribution in [2.75, 3.05) is 6.54 Å². The molecule has 0 aliphatic rings. The van der Waals surface area contributed by atoms with Gasteiger partial charge >= 0.3 is 0 Å². The molecule has 0 fully saturated rings. The first-order valence-corrected chi connectivity index (χ1v) is 5.99. The maximum Gasteiger partial charge on any atom is 0.0794 e. The summed E-state index contributed by atoms with van der Waals surface area (Å²) >= 11 is 1.73. The van der Waals surface area contributed by atoms with Gasteiger partial charge < -0.3 is 5.32 Å². The Bertz CT molecular complexity index is 244. The topological polar surface area (TPSA) is 24.9 Å². The summed E-state index contributed by atoms with van der Waals surface area (Å²) in [6.07, 6.45) is 7.41. The zero-order valence-electron chi connectivity index (χ0n) is 8.70. The summed E-state index contributed by atoms with van der Waals surface area (Å²) < 4.78 is 0. The number of aromatic nitrogens is 1. The maximum absolute atomic E-state index is 4.11. The number of allylic oxidation sites excluding steroid dienone is 1. The van der Waals surface area contributed by atoms with E-state index in [1.165, 1.54) is 17.7 Å². The van der Waals surface area contributed by atoms with E-state index in [1.807, 2.05) is 17.8 Å². The molecule has 1 N–H and O–H groups in total. The van der Waals surface area contributed by atoms with E-state index in [2.05, 4.69) is 23.8 Å². The van der Waals surface area contributed by atoms with Gasteiger partial charge in [0.2, 0.25) is 0 Å². The summed E-state index contributed by atoms with van der Waals surface area (Å²) in [5.74, 6) is 0. The van der Waals surface area contributed by atoms with Crippen LogP contribution in [-0.2, 0) is 0 Å². The Hall–Kier alpha value is -0.670. The summed E-state index contributed by atoms with van der Waals surface area (Å²) in [7, 11) is 0. The van der Waals surface area contributed by atoms with E-state index < -0.39 is 0 Å². The molecule has 78 valence electrons. The first-order valence-electron chi connectivity index (χ1n) is 5.11. The number of hydrogen-bond acceptors (Lipinski definition) is 3. The van der Waals surface area contributed by atoms with Crippen LogP contribution in [0, 0.1) is 0 Å². The van der Waals surface area contributed by atoms with Gasteiger partial charge in [0.15, 0.2) is 0 Å². The van der Waals surface area contributed by atoms with Gasteiger partial charge in [-0.2, -0.15) is 0 Å². The van der Waals surface area contributed by atoms with Gasteiger partial charge in [0, 0.05) is 17.1 Å². The monoisotopic (exact) mass is 210 g/mol. The molecule has 1 heterocycles. The number of nitrogens with one attached hydrogen (secondary N) is 1. The molecular weight excluding hydrogens is 192 g/mol. The van der Waals surface area contributed by atoms with E-state index in [9.17, 15) is 0 Å². The Morgan fingerprint density at radius 3 is 3.14 bits per heavy atom. The highest BCUT2D eigenvalue weighted by atomic mass is 32.1.